The molecule has 0 saturated carbocycles. The summed E-state index contributed by atoms with van der Waals surface area (Å²) in [5.74, 6) is -0.377. The largest absolute Gasteiger partial charge is 0.444 e. The maximum Gasteiger partial charge on any atom is 0.408 e. The number of rotatable bonds is 6. The minimum atomic E-state index is -1.72. The third-order valence-corrected chi connectivity index (χ3v) is 5.26. The second-order valence-electron chi connectivity index (χ2n) is 6.62. The first-order valence-corrected chi connectivity index (χ1v) is 9.79. The number of carbonyl (C=O) groups excluding carboxylic acids is 2. The van der Waals surface area contributed by atoms with Crippen molar-refractivity contribution in [3.05, 3.63) is 16.5 Å². The molecular weight excluding hydrogens is 372 g/mol. The number of hydrogen-bond acceptors (Lipinski definition) is 5. The maximum absolute atomic E-state index is 12.4. The van der Waals surface area contributed by atoms with Crippen molar-refractivity contribution in [2.75, 3.05) is 0 Å². The third kappa shape index (κ3) is 7.63. The molecule has 1 unspecified atom stereocenters. The number of thiophene rings is 1. The Bertz CT molecular complexity index is 611. The van der Waals surface area contributed by atoms with Crippen molar-refractivity contribution in [1.82, 2.24) is 10.0 Å². The van der Waals surface area contributed by atoms with E-state index in [2.05, 4.69) is 10.0 Å². The Balaban J connectivity index is 2.74. The van der Waals surface area contributed by atoms with Crippen LogP contribution in [0.1, 0.15) is 41.0 Å². The van der Waals surface area contributed by atoms with E-state index in [0.29, 0.717) is 15.0 Å². The second-order valence-corrected chi connectivity index (χ2v) is 9.78. The third-order valence-electron chi connectivity index (χ3n) is 2.64. The van der Waals surface area contributed by atoms with Crippen LogP contribution in [0.5, 0.6) is 0 Å². The van der Waals surface area contributed by atoms with Crippen LogP contribution in [0, 0.1) is 5.92 Å². The quantitative estimate of drug-likeness (QED) is 0.773. The molecule has 0 aliphatic heterocycles. The van der Waals surface area contributed by atoms with Crippen molar-refractivity contribution in [2.45, 2.75) is 56.9 Å². The molecule has 1 aromatic heterocycles. The number of ether oxygens (including phenoxy) is 1. The average Bonchev–Trinajstić information content (AvgIpc) is 2.81. The van der Waals surface area contributed by atoms with Crippen molar-refractivity contribution >= 4 is 45.9 Å². The molecule has 136 valence electrons. The molecule has 0 aromatic carbocycles. The number of alkyl carbamates (subject to hydrolysis) is 1. The Hall–Kier alpha value is -1.12. The number of amides is 2. The van der Waals surface area contributed by atoms with Gasteiger partial charge < -0.3 is 10.1 Å². The van der Waals surface area contributed by atoms with Crippen molar-refractivity contribution in [1.29, 1.82) is 0 Å². The molecule has 1 aromatic rings. The Morgan fingerprint density at radius 3 is 2.42 bits per heavy atom. The van der Waals surface area contributed by atoms with E-state index >= 15 is 0 Å². The van der Waals surface area contributed by atoms with E-state index in [4.69, 9.17) is 16.3 Å². The normalized spacial score (nSPS) is 14.1. The lowest BCUT2D eigenvalue weighted by atomic mass is 10.0. The fraction of sp³-hybridized carbons (Fsp3) is 0.600. The Morgan fingerprint density at radius 1 is 1.33 bits per heavy atom. The van der Waals surface area contributed by atoms with Crippen LogP contribution in [0.15, 0.2) is 16.3 Å². The summed E-state index contributed by atoms with van der Waals surface area (Å²) in [7, 11) is -1.72. The molecule has 1 rings (SSSR count). The molecule has 2 atom stereocenters. The fourth-order valence-electron chi connectivity index (χ4n) is 1.76. The summed E-state index contributed by atoms with van der Waals surface area (Å²) >= 11 is 6.92. The molecular formula is C15H23ClN2O4S2. The number of halogens is 1. The molecule has 9 heteroatoms. The van der Waals surface area contributed by atoms with Crippen LogP contribution in [0.3, 0.4) is 0 Å². The molecule has 0 radical (unpaired) electrons. The van der Waals surface area contributed by atoms with E-state index < -0.39 is 34.6 Å². The van der Waals surface area contributed by atoms with Crippen molar-refractivity contribution in [3.8, 4) is 0 Å². The summed E-state index contributed by atoms with van der Waals surface area (Å²) in [6.45, 7) is 9.05. The number of nitrogens with one attached hydrogen (secondary N) is 2. The summed E-state index contributed by atoms with van der Waals surface area (Å²) < 4.78 is 20.7. The predicted octanol–water partition coefficient (Wildman–Crippen LogP) is 3.48. The second kappa shape index (κ2) is 8.82. The maximum atomic E-state index is 12.4. The summed E-state index contributed by atoms with van der Waals surface area (Å²) in [6, 6.07) is 2.36. The van der Waals surface area contributed by atoms with Gasteiger partial charge in [0.05, 0.1) is 4.34 Å². The van der Waals surface area contributed by atoms with Gasteiger partial charge in [0, 0.05) is 0 Å². The highest BCUT2D eigenvalue weighted by molar-refractivity contribution is 7.86. The van der Waals surface area contributed by atoms with Gasteiger partial charge in [-0.1, -0.05) is 25.4 Å². The van der Waals surface area contributed by atoms with Crippen LogP contribution in [0.4, 0.5) is 4.79 Å². The topological polar surface area (TPSA) is 84.5 Å². The van der Waals surface area contributed by atoms with Gasteiger partial charge in [-0.3, -0.25) is 9.52 Å². The molecule has 0 aliphatic rings. The van der Waals surface area contributed by atoms with E-state index in [1.165, 1.54) is 0 Å². The van der Waals surface area contributed by atoms with Gasteiger partial charge in [-0.25, -0.2) is 9.00 Å². The van der Waals surface area contributed by atoms with Gasteiger partial charge in [0.2, 0.25) is 0 Å². The van der Waals surface area contributed by atoms with E-state index in [-0.39, 0.29) is 5.92 Å². The molecule has 6 nitrogen and oxygen atoms in total. The first-order chi connectivity index (χ1) is 11.0. The van der Waals surface area contributed by atoms with Gasteiger partial charge in [0.1, 0.15) is 15.9 Å². The highest BCUT2D eigenvalue weighted by Gasteiger charge is 2.26. The summed E-state index contributed by atoms with van der Waals surface area (Å²) in [5, 5.41) is 2.54. The first-order valence-electron chi connectivity index (χ1n) is 7.45. The van der Waals surface area contributed by atoms with Crippen LogP contribution in [0.25, 0.3) is 0 Å². The standard InChI is InChI=1S/C15H23ClN2O4S2/c1-9(2)8-10(17-14(20)22-15(3,4)5)13(19)18-24(21)12-7-6-11(16)23-12/h6-7,9-10H,8H2,1-5H3,(H,17,20)(H,18,19)/t10-,24?/m0/s1. The Labute approximate surface area is 153 Å². The van der Waals surface area contributed by atoms with Gasteiger partial charge in [-0.2, -0.15) is 0 Å². The summed E-state index contributed by atoms with van der Waals surface area (Å²) in [5.41, 5.74) is -0.667. The van der Waals surface area contributed by atoms with Crippen molar-refractivity contribution in [3.63, 3.8) is 0 Å². The highest BCUT2D eigenvalue weighted by Crippen LogP contribution is 2.23. The van der Waals surface area contributed by atoms with Crippen LogP contribution in [-0.2, 0) is 20.5 Å². The van der Waals surface area contributed by atoms with Gasteiger partial charge >= 0.3 is 6.09 Å². The molecule has 0 aliphatic carbocycles. The molecule has 1 heterocycles. The predicted molar refractivity (Wildman–Crippen MR) is 96.5 cm³/mol. The first kappa shape index (κ1) is 20.9. The van der Waals surface area contributed by atoms with Gasteiger partial charge in [-0.15, -0.1) is 11.3 Å². The smallest absolute Gasteiger partial charge is 0.408 e. The molecule has 24 heavy (non-hydrogen) atoms. The molecule has 0 saturated heterocycles. The Morgan fingerprint density at radius 2 is 1.96 bits per heavy atom. The lowest BCUT2D eigenvalue weighted by molar-refractivity contribution is -0.121. The molecule has 0 spiro atoms. The zero-order valence-electron chi connectivity index (χ0n) is 14.3. The highest BCUT2D eigenvalue weighted by atomic mass is 35.5. The molecule has 2 amide bonds. The minimum absolute atomic E-state index is 0.153. The van der Waals surface area contributed by atoms with Crippen molar-refractivity contribution < 1.29 is 18.5 Å². The van der Waals surface area contributed by atoms with Crippen LogP contribution in [0.2, 0.25) is 4.34 Å². The van der Waals surface area contributed by atoms with E-state index in [0.717, 1.165) is 11.3 Å². The van der Waals surface area contributed by atoms with E-state index in [1.807, 2.05) is 13.8 Å². The average molecular weight is 395 g/mol. The SMILES string of the molecule is CC(C)C[C@H](NC(=O)OC(C)(C)C)C(=O)NS(=O)c1ccc(Cl)s1. The lowest BCUT2D eigenvalue weighted by Crippen LogP contribution is -2.49. The molecule has 0 fully saturated rings. The number of carbonyl (C=O) groups is 2. The Kier molecular flexibility index (Phi) is 7.69. The zero-order valence-corrected chi connectivity index (χ0v) is 16.7. The lowest BCUT2D eigenvalue weighted by Gasteiger charge is -2.24. The minimum Gasteiger partial charge on any atom is -0.444 e. The number of hydrogen-bond donors (Lipinski definition) is 2. The fourth-order valence-corrected chi connectivity index (χ4v) is 3.99. The van der Waals surface area contributed by atoms with Gasteiger partial charge in [0.15, 0.2) is 11.0 Å². The van der Waals surface area contributed by atoms with Gasteiger partial charge in [-0.05, 0) is 45.2 Å². The monoisotopic (exact) mass is 394 g/mol. The summed E-state index contributed by atoms with van der Waals surface area (Å²) in [6.07, 6.45) is -0.291. The van der Waals surface area contributed by atoms with Crippen LogP contribution < -0.4 is 10.0 Å². The molecule has 2 N–H and O–H groups in total. The van der Waals surface area contributed by atoms with E-state index in [1.54, 1.807) is 32.9 Å². The zero-order chi connectivity index (χ0) is 18.5. The van der Waals surface area contributed by atoms with E-state index in [9.17, 15) is 13.8 Å². The van der Waals surface area contributed by atoms with Crippen LogP contribution >= 0.6 is 22.9 Å². The van der Waals surface area contributed by atoms with Crippen LogP contribution in [-0.4, -0.2) is 27.9 Å². The van der Waals surface area contributed by atoms with Crippen molar-refractivity contribution in [2.24, 2.45) is 5.92 Å². The molecule has 0 bridgehead atoms. The van der Waals surface area contributed by atoms with Gasteiger partial charge in [0.25, 0.3) is 5.91 Å². The summed E-state index contributed by atoms with van der Waals surface area (Å²) in [4.78, 5) is 24.3.